The summed E-state index contributed by atoms with van der Waals surface area (Å²) in [7, 11) is 0. The molecule has 1 fully saturated rings. The standard InChI is InChI=1S/C9H11IN2O6/c10-18-5-2-12(9(16)11-8(5)15)7-1-4(14)6(3-13)17-7/h2,4,6-7,13-14H,1,3H2,(H,11,15,16)/t4-,6+,7+/m0/s1. The molecule has 0 aliphatic carbocycles. The molecule has 0 aromatic carbocycles. The summed E-state index contributed by atoms with van der Waals surface area (Å²) in [6, 6.07) is 0. The maximum absolute atomic E-state index is 11.6. The number of halogens is 1. The number of aromatic nitrogens is 2. The molecule has 3 N–H and O–H groups in total. The third-order valence-electron chi connectivity index (χ3n) is 2.71. The number of aliphatic hydroxyl groups excluding tert-OH is 2. The van der Waals surface area contributed by atoms with Crippen molar-refractivity contribution < 1.29 is 18.0 Å². The highest BCUT2D eigenvalue weighted by atomic mass is 127. The quantitative estimate of drug-likeness (QED) is 0.583. The van der Waals surface area contributed by atoms with Crippen LogP contribution < -0.4 is 14.3 Å². The lowest BCUT2D eigenvalue weighted by Gasteiger charge is -2.14. The molecule has 3 atom stereocenters. The third-order valence-corrected chi connectivity index (χ3v) is 3.19. The minimum Gasteiger partial charge on any atom is -0.420 e. The van der Waals surface area contributed by atoms with E-state index in [1.54, 1.807) is 0 Å². The van der Waals surface area contributed by atoms with Gasteiger partial charge < -0.3 is 18.0 Å². The Kier molecular flexibility index (Phi) is 4.04. The van der Waals surface area contributed by atoms with Crippen molar-refractivity contribution >= 4 is 23.0 Å². The number of H-pyrrole nitrogens is 1. The van der Waals surface area contributed by atoms with E-state index < -0.39 is 29.7 Å². The van der Waals surface area contributed by atoms with Crippen molar-refractivity contribution in [1.82, 2.24) is 9.55 Å². The average Bonchev–Trinajstić information content (AvgIpc) is 2.70. The zero-order valence-corrected chi connectivity index (χ0v) is 11.2. The van der Waals surface area contributed by atoms with E-state index in [0.717, 1.165) is 4.57 Å². The topological polar surface area (TPSA) is 114 Å². The molecular weight excluding hydrogens is 359 g/mol. The van der Waals surface area contributed by atoms with Crippen molar-refractivity contribution in [1.29, 1.82) is 0 Å². The largest absolute Gasteiger partial charge is 0.420 e. The van der Waals surface area contributed by atoms with E-state index in [4.69, 9.17) is 12.9 Å². The highest BCUT2D eigenvalue weighted by molar-refractivity contribution is 14.1. The maximum atomic E-state index is 11.6. The van der Waals surface area contributed by atoms with Crippen molar-refractivity contribution in [3.8, 4) is 5.75 Å². The fraction of sp³-hybridized carbons (Fsp3) is 0.556. The van der Waals surface area contributed by atoms with Crippen LogP contribution in [0.15, 0.2) is 15.8 Å². The molecule has 2 heterocycles. The molecule has 0 bridgehead atoms. The van der Waals surface area contributed by atoms with Crippen LogP contribution >= 0.6 is 23.0 Å². The highest BCUT2D eigenvalue weighted by Gasteiger charge is 2.35. The molecule has 8 nitrogen and oxygen atoms in total. The predicted molar refractivity (Wildman–Crippen MR) is 67.6 cm³/mol. The van der Waals surface area contributed by atoms with Gasteiger partial charge in [0.05, 0.1) is 18.9 Å². The normalized spacial score (nSPS) is 27.4. The second-order valence-corrected chi connectivity index (χ2v) is 4.29. The van der Waals surface area contributed by atoms with Gasteiger partial charge in [-0.25, -0.2) is 4.79 Å². The minimum absolute atomic E-state index is 0.0410. The van der Waals surface area contributed by atoms with Gasteiger partial charge in [0.15, 0.2) is 23.0 Å². The second kappa shape index (κ2) is 5.38. The molecule has 18 heavy (non-hydrogen) atoms. The summed E-state index contributed by atoms with van der Waals surface area (Å²) in [4.78, 5) is 25.0. The number of rotatable bonds is 3. The SMILES string of the molecule is O=c1[nH]c(=O)n([C@H]2C[C@H](O)[C@@H](CO)O2)cc1OI. The Morgan fingerprint density at radius 2 is 2.33 bits per heavy atom. The van der Waals surface area contributed by atoms with E-state index in [-0.39, 0.29) is 18.8 Å². The van der Waals surface area contributed by atoms with Gasteiger partial charge in [-0.15, -0.1) is 0 Å². The van der Waals surface area contributed by atoms with Crippen LogP contribution in [0.4, 0.5) is 0 Å². The Bertz CT molecular complexity index is 541. The molecule has 1 aromatic rings. The van der Waals surface area contributed by atoms with Gasteiger partial charge in [-0.3, -0.25) is 14.3 Å². The van der Waals surface area contributed by atoms with Crippen LogP contribution in [0.3, 0.4) is 0 Å². The van der Waals surface area contributed by atoms with Gasteiger partial charge in [0.1, 0.15) is 12.3 Å². The molecule has 0 radical (unpaired) electrons. The smallest absolute Gasteiger partial charge is 0.330 e. The fourth-order valence-corrected chi connectivity index (χ4v) is 2.10. The van der Waals surface area contributed by atoms with Gasteiger partial charge >= 0.3 is 5.69 Å². The molecule has 0 amide bonds. The first kappa shape index (κ1) is 13.5. The van der Waals surface area contributed by atoms with E-state index in [1.165, 1.54) is 29.2 Å². The third kappa shape index (κ3) is 2.43. The number of nitrogens with one attached hydrogen (secondary N) is 1. The Balaban J connectivity index is 2.35. The van der Waals surface area contributed by atoms with E-state index >= 15 is 0 Å². The summed E-state index contributed by atoms with van der Waals surface area (Å²) in [5.41, 5.74) is -1.30. The first-order valence-corrected chi connectivity index (χ1v) is 6.03. The molecule has 100 valence electrons. The van der Waals surface area contributed by atoms with Gasteiger partial charge in [0, 0.05) is 6.42 Å². The van der Waals surface area contributed by atoms with Crippen molar-refractivity contribution in [3.63, 3.8) is 0 Å². The lowest BCUT2D eigenvalue weighted by Crippen LogP contribution is -2.32. The van der Waals surface area contributed by atoms with Crippen molar-refractivity contribution in [3.05, 3.63) is 27.0 Å². The Morgan fingerprint density at radius 3 is 2.89 bits per heavy atom. The molecule has 9 heteroatoms. The van der Waals surface area contributed by atoms with E-state index in [9.17, 15) is 14.7 Å². The van der Waals surface area contributed by atoms with E-state index in [0.29, 0.717) is 0 Å². The molecule has 1 aliphatic rings. The fourth-order valence-electron chi connectivity index (χ4n) is 1.79. The number of hydrogen-bond donors (Lipinski definition) is 3. The van der Waals surface area contributed by atoms with Crippen LogP contribution in [0.1, 0.15) is 12.6 Å². The van der Waals surface area contributed by atoms with E-state index in [1.807, 2.05) is 0 Å². The first-order chi connectivity index (χ1) is 8.56. The monoisotopic (exact) mass is 370 g/mol. The Hall–Kier alpha value is -0.910. The Morgan fingerprint density at radius 1 is 1.61 bits per heavy atom. The van der Waals surface area contributed by atoms with Crippen molar-refractivity contribution in [2.45, 2.75) is 24.9 Å². The van der Waals surface area contributed by atoms with Gasteiger partial charge in [0.25, 0.3) is 5.56 Å². The molecule has 1 aliphatic heterocycles. The summed E-state index contributed by atoms with van der Waals surface area (Å²) in [6.07, 6.45) is -0.977. The lowest BCUT2D eigenvalue weighted by molar-refractivity contribution is -0.0460. The van der Waals surface area contributed by atoms with Crippen LogP contribution in [0.25, 0.3) is 0 Å². The molecule has 1 saturated heterocycles. The summed E-state index contributed by atoms with van der Waals surface area (Å²) < 4.78 is 11.2. The summed E-state index contributed by atoms with van der Waals surface area (Å²) in [5.74, 6) is -0.0410. The molecule has 2 rings (SSSR count). The number of aromatic amines is 1. The zero-order chi connectivity index (χ0) is 13.3. The molecule has 0 spiro atoms. The first-order valence-electron chi connectivity index (χ1n) is 5.15. The Labute approximate surface area is 115 Å². The predicted octanol–water partition coefficient (Wildman–Crippen LogP) is -1.09. The van der Waals surface area contributed by atoms with Gasteiger partial charge in [-0.2, -0.15) is 0 Å². The maximum Gasteiger partial charge on any atom is 0.330 e. The van der Waals surface area contributed by atoms with Crippen molar-refractivity contribution in [2.75, 3.05) is 6.61 Å². The number of hydrogen-bond acceptors (Lipinski definition) is 6. The van der Waals surface area contributed by atoms with Crippen LogP contribution in [-0.2, 0) is 4.74 Å². The number of nitrogens with zero attached hydrogens (tertiary/aromatic N) is 1. The second-order valence-electron chi connectivity index (χ2n) is 3.85. The number of aliphatic hydroxyl groups is 2. The summed E-state index contributed by atoms with van der Waals surface area (Å²) in [5, 5.41) is 18.5. The molecule has 0 unspecified atom stereocenters. The molecule has 0 saturated carbocycles. The van der Waals surface area contributed by atoms with Crippen LogP contribution in [-0.4, -0.2) is 38.6 Å². The summed E-state index contributed by atoms with van der Waals surface area (Å²) in [6.45, 7) is -0.342. The minimum atomic E-state index is -0.859. The molecule has 1 aromatic heterocycles. The van der Waals surface area contributed by atoms with Gasteiger partial charge in [-0.1, -0.05) is 0 Å². The number of ether oxygens (including phenoxy) is 1. The van der Waals surface area contributed by atoms with Crippen LogP contribution in [0.5, 0.6) is 5.75 Å². The molecular formula is C9H11IN2O6. The van der Waals surface area contributed by atoms with Gasteiger partial charge in [-0.05, 0) is 0 Å². The van der Waals surface area contributed by atoms with Gasteiger partial charge in [0.2, 0.25) is 5.75 Å². The van der Waals surface area contributed by atoms with Crippen LogP contribution in [0.2, 0.25) is 0 Å². The van der Waals surface area contributed by atoms with Crippen LogP contribution in [0, 0.1) is 0 Å². The summed E-state index contributed by atoms with van der Waals surface area (Å²) >= 11 is 1.52. The van der Waals surface area contributed by atoms with E-state index in [2.05, 4.69) is 4.98 Å². The highest BCUT2D eigenvalue weighted by Crippen LogP contribution is 2.27. The average molecular weight is 370 g/mol. The van der Waals surface area contributed by atoms with Crippen molar-refractivity contribution in [2.24, 2.45) is 0 Å². The zero-order valence-electron chi connectivity index (χ0n) is 9.08. The lowest BCUT2D eigenvalue weighted by atomic mass is 10.2.